The van der Waals surface area contributed by atoms with Gasteiger partial charge in [0.2, 0.25) is 0 Å². The summed E-state index contributed by atoms with van der Waals surface area (Å²) in [7, 11) is 0. The van der Waals surface area contributed by atoms with Gasteiger partial charge in [0.05, 0.1) is 11.8 Å². The van der Waals surface area contributed by atoms with Crippen LogP contribution in [0.5, 0.6) is 0 Å². The van der Waals surface area contributed by atoms with Gasteiger partial charge in [0.25, 0.3) is 0 Å². The highest BCUT2D eigenvalue weighted by molar-refractivity contribution is 5.99. The highest BCUT2D eigenvalue weighted by atomic mass is 35.5. The molecule has 142 valence electrons. The molecule has 0 aliphatic heterocycles. The smallest absolute Gasteiger partial charge is 0.157 e. The minimum Gasteiger partial charge on any atom is -0.389 e. The molecule has 1 unspecified atom stereocenters. The zero-order valence-electron chi connectivity index (χ0n) is 15.5. The third-order valence-electron chi connectivity index (χ3n) is 3.36. The molecule has 0 radical (unpaired) electrons. The van der Waals surface area contributed by atoms with Crippen molar-refractivity contribution in [2.24, 2.45) is 4.99 Å². The van der Waals surface area contributed by atoms with E-state index in [2.05, 4.69) is 36.6 Å². The van der Waals surface area contributed by atoms with E-state index in [1.165, 1.54) is 0 Å². The van der Waals surface area contributed by atoms with Crippen LogP contribution in [0.2, 0.25) is 0 Å². The lowest BCUT2D eigenvalue weighted by Gasteiger charge is -2.22. The fourth-order valence-corrected chi connectivity index (χ4v) is 2.06. The van der Waals surface area contributed by atoms with Crippen LogP contribution in [0, 0.1) is 0 Å². The maximum atomic E-state index is 10.0. The van der Waals surface area contributed by atoms with Crippen molar-refractivity contribution in [3.8, 4) is 0 Å². The second-order valence-corrected chi connectivity index (χ2v) is 6.86. The summed E-state index contributed by atoms with van der Waals surface area (Å²) in [6, 6.07) is 19.4. The molecule has 1 atom stereocenters. The molecule has 0 saturated heterocycles. The van der Waals surface area contributed by atoms with Crippen LogP contribution >= 0.6 is 12.4 Å². The Morgan fingerprint density at radius 1 is 1.04 bits per heavy atom. The van der Waals surface area contributed by atoms with Gasteiger partial charge in [-0.3, -0.25) is 4.84 Å². The second-order valence-electron chi connectivity index (χ2n) is 6.86. The molecule has 26 heavy (non-hydrogen) atoms. The number of benzene rings is 2. The topological polar surface area (TPSA) is 65.9 Å². The Labute approximate surface area is 161 Å². The molecule has 2 aromatic carbocycles. The number of hydrogen-bond acceptors (Lipinski definition) is 4. The molecule has 6 heteroatoms. The third-order valence-corrected chi connectivity index (χ3v) is 3.36. The van der Waals surface area contributed by atoms with Gasteiger partial charge in [-0.2, -0.15) is 0 Å². The highest BCUT2D eigenvalue weighted by Crippen LogP contribution is 2.12. The van der Waals surface area contributed by atoms with E-state index in [-0.39, 0.29) is 24.6 Å². The summed E-state index contributed by atoms with van der Waals surface area (Å²) in [5, 5.41) is 13.3. The molecule has 0 aliphatic rings. The summed E-state index contributed by atoms with van der Waals surface area (Å²) in [6.07, 6.45) is -0.611. The van der Waals surface area contributed by atoms with E-state index in [1.807, 2.05) is 60.7 Å². The van der Waals surface area contributed by atoms with Gasteiger partial charge in [-0.15, -0.1) is 12.4 Å². The fourth-order valence-electron chi connectivity index (χ4n) is 2.06. The van der Waals surface area contributed by atoms with E-state index in [9.17, 15) is 5.11 Å². The fraction of sp³-hybridized carbons (Fsp3) is 0.350. The number of aliphatic imine (C=N–C) groups is 1. The molecule has 2 aromatic rings. The molecule has 0 aliphatic carbocycles. The number of aliphatic hydroxyl groups excluding tert-OH is 1. The Kier molecular flexibility index (Phi) is 9.30. The first kappa shape index (κ1) is 22.1. The number of aliphatic hydroxyl groups is 1. The van der Waals surface area contributed by atoms with Crippen LogP contribution in [-0.4, -0.2) is 35.7 Å². The van der Waals surface area contributed by atoms with Crippen molar-refractivity contribution in [1.29, 1.82) is 0 Å². The number of nitrogens with one attached hydrogen (secondary N) is 2. The number of rotatable bonds is 7. The van der Waals surface area contributed by atoms with E-state index in [0.717, 1.165) is 11.3 Å². The summed E-state index contributed by atoms with van der Waals surface area (Å²) in [6.45, 7) is 6.78. The number of halogens is 1. The van der Waals surface area contributed by atoms with Crippen molar-refractivity contribution in [1.82, 2.24) is 10.8 Å². The van der Waals surface area contributed by atoms with Gasteiger partial charge >= 0.3 is 0 Å². The van der Waals surface area contributed by atoms with Gasteiger partial charge in [0.1, 0.15) is 6.61 Å². The van der Waals surface area contributed by atoms with Crippen molar-refractivity contribution in [3.05, 3.63) is 66.2 Å². The molecular formula is C20H28ClN3O2. The Bertz CT molecular complexity index is 658. The van der Waals surface area contributed by atoms with Crippen molar-refractivity contribution in [2.45, 2.75) is 32.4 Å². The zero-order valence-corrected chi connectivity index (χ0v) is 16.3. The minimum atomic E-state index is -0.611. The Morgan fingerprint density at radius 3 is 2.19 bits per heavy atom. The van der Waals surface area contributed by atoms with Crippen LogP contribution in [0.25, 0.3) is 0 Å². The number of hydroxylamine groups is 1. The molecule has 5 nitrogen and oxygen atoms in total. The van der Waals surface area contributed by atoms with Gasteiger partial charge in [0, 0.05) is 17.6 Å². The van der Waals surface area contributed by atoms with E-state index in [0.29, 0.717) is 12.4 Å². The Hall–Kier alpha value is -1.92. The summed E-state index contributed by atoms with van der Waals surface area (Å²) in [5.41, 5.74) is 4.57. The molecule has 0 heterocycles. The molecule has 0 fully saturated rings. The normalized spacial score (nSPS) is 13.0. The standard InChI is InChI=1S/C20H27N3O2.ClH/c1-20(2,3)21-14-18(24)15-25-23-19(16-10-6-4-7-11-16)22-17-12-8-5-9-13-17;/h4-13,18,21,24H,14-15H2,1-3H3,(H,22,23);1H. The average Bonchev–Trinajstić information content (AvgIpc) is 2.60. The first-order chi connectivity index (χ1) is 11.9. The zero-order chi connectivity index (χ0) is 18.1. The number of hydrogen-bond donors (Lipinski definition) is 3. The van der Waals surface area contributed by atoms with Crippen LogP contribution in [-0.2, 0) is 4.84 Å². The number of amidine groups is 1. The van der Waals surface area contributed by atoms with E-state index in [1.54, 1.807) is 0 Å². The van der Waals surface area contributed by atoms with E-state index >= 15 is 0 Å². The molecule has 2 rings (SSSR count). The lowest BCUT2D eigenvalue weighted by atomic mass is 10.1. The van der Waals surface area contributed by atoms with Gasteiger partial charge in [-0.25, -0.2) is 10.5 Å². The van der Waals surface area contributed by atoms with Gasteiger partial charge in [0.15, 0.2) is 5.84 Å². The molecule has 3 N–H and O–H groups in total. The third kappa shape index (κ3) is 8.45. The van der Waals surface area contributed by atoms with Crippen molar-refractivity contribution >= 4 is 23.9 Å². The van der Waals surface area contributed by atoms with E-state index < -0.39 is 6.10 Å². The second kappa shape index (κ2) is 10.9. The van der Waals surface area contributed by atoms with Crippen LogP contribution in [0.3, 0.4) is 0 Å². The van der Waals surface area contributed by atoms with Crippen LogP contribution in [0.4, 0.5) is 5.69 Å². The number of β-amino-alcohol motifs (C(OH)–C–C–N with tert-alkyl or cyclic N) is 1. The Morgan fingerprint density at radius 2 is 1.62 bits per heavy atom. The van der Waals surface area contributed by atoms with E-state index in [4.69, 9.17) is 4.84 Å². The molecule has 0 bridgehead atoms. The molecule has 0 aromatic heterocycles. The van der Waals surface area contributed by atoms with Crippen molar-refractivity contribution in [2.75, 3.05) is 13.2 Å². The minimum absolute atomic E-state index is 0. The van der Waals surface area contributed by atoms with Gasteiger partial charge in [-0.05, 0) is 32.9 Å². The molecule has 0 spiro atoms. The largest absolute Gasteiger partial charge is 0.389 e. The van der Waals surface area contributed by atoms with Crippen LogP contribution in [0.15, 0.2) is 65.7 Å². The maximum absolute atomic E-state index is 10.0. The number of para-hydroxylation sites is 1. The van der Waals surface area contributed by atoms with Gasteiger partial charge in [-0.1, -0.05) is 48.5 Å². The monoisotopic (exact) mass is 377 g/mol. The average molecular weight is 378 g/mol. The first-order valence-corrected chi connectivity index (χ1v) is 8.44. The molecule has 0 saturated carbocycles. The highest BCUT2D eigenvalue weighted by Gasteiger charge is 2.13. The lowest BCUT2D eigenvalue weighted by Crippen LogP contribution is -2.43. The SMILES string of the molecule is CC(C)(C)NCC(O)CONC(=Nc1ccccc1)c1ccccc1.Cl. The van der Waals surface area contributed by atoms with Crippen LogP contribution in [0.1, 0.15) is 26.3 Å². The lowest BCUT2D eigenvalue weighted by molar-refractivity contribution is 0.00619. The summed E-state index contributed by atoms with van der Waals surface area (Å²) in [5.74, 6) is 0.600. The molecular weight excluding hydrogens is 350 g/mol. The summed E-state index contributed by atoms with van der Waals surface area (Å²) >= 11 is 0. The van der Waals surface area contributed by atoms with Crippen molar-refractivity contribution < 1.29 is 9.94 Å². The molecule has 0 amide bonds. The number of nitrogens with zero attached hydrogens (tertiary/aromatic N) is 1. The Balaban J connectivity index is 0.00000338. The maximum Gasteiger partial charge on any atom is 0.157 e. The van der Waals surface area contributed by atoms with Crippen LogP contribution < -0.4 is 10.8 Å². The predicted octanol–water partition coefficient (Wildman–Crippen LogP) is 3.46. The summed E-state index contributed by atoms with van der Waals surface area (Å²) in [4.78, 5) is 10.1. The summed E-state index contributed by atoms with van der Waals surface area (Å²) < 4.78 is 0. The predicted molar refractivity (Wildman–Crippen MR) is 109 cm³/mol. The first-order valence-electron chi connectivity index (χ1n) is 8.44. The van der Waals surface area contributed by atoms with Gasteiger partial charge < -0.3 is 10.4 Å². The quantitative estimate of drug-likeness (QED) is 0.393. The van der Waals surface area contributed by atoms with Crippen molar-refractivity contribution in [3.63, 3.8) is 0 Å².